The first-order chi connectivity index (χ1) is 7.00. The highest BCUT2D eigenvalue weighted by Gasteiger charge is 2.10. The summed E-state index contributed by atoms with van der Waals surface area (Å²) in [6.07, 6.45) is 0. The maximum absolute atomic E-state index is 10.5. The van der Waals surface area contributed by atoms with E-state index in [1.165, 1.54) is 0 Å². The van der Waals surface area contributed by atoms with Gasteiger partial charge in [0.15, 0.2) is 0 Å². The summed E-state index contributed by atoms with van der Waals surface area (Å²) in [4.78, 5) is 10.5. The van der Waals surface area contributed by atoms with E-state index in [0.717, 1.165) is 11.3 Å². The van der Waals surface area contributed by atoms with Crippen molar-refractivity contribution in [3.05, 3.63) is 28.8 Å². The summed E-state index contributed by atoms with van der Waals surface area (Å²) < 4.78 is 0. The minimum absolute atomic E-state index is 0.192. The smallest absolute Gasteiger partial charge is 0.322 e. The molecule has 0 radical (unpaired) electrons. The Kier molecular flexibility index (Phi) is 3.94. The van der Waals surface area contributed by atoms with Crippen LogP contribution in [0.3, 0.4) is 0 Å². The van der Waals surface area contributed by atoms with E-state index < -0.39 is 12.0 Å². The molecule has 1 aromatic rings. The van der Waals surface area contributed by atoms with Gasteiger partial charge in [-0.3, -0.25) is 4.79 Å². The standard InChI is InChI=1S/C10H13ClN2O2/c1-6-4-7(11)2-3-9(6)13-5-8(12)10(14)15/h2-4,8,13H,5,12H2,1H3,(H,14,15). The zero-order valence-corrected chi connectivity index (χ0v) is 9.08. The Hall–Kier alpha value is -1.26. The van der Waals surface area contributed by atoms with Crippen molar-refractivity contribution in [2.45, 2.75) is 13.0 Å². The van der Waals surface area contributed by atoms with E-state index in [1.54, 1.807) is 18.2 Å². The number of hydrogen-bond acceptors (Lipinski definition) is 3. The number of rotatable bonds is 4. The molecule has 0 aliphatic carbocycles. The molecule has 5 heteroatoms. The third-order valence-corrected chi connectivity index (χ3v) is 2.25. The van der Waals surface area contributed by atoms with Crippen molar-refractivity contribution in [2.75, 3.05) is 11.9 Å². The number of hydrogen-bond donors (Lipinski definition) is 3. The van der Waals surface area contributed by atoms with Crippen LogP contribution in [-0.2, 0) is 4.79 Å². The lowest BCUT2D eigenvalue weighted by Gasteiger charge is -2.11. The molecule has 82 valence electrons. The molecule has 4 N–H and O–H groups in total. The molecular weight excluding hydrogens is 216 g/mol. The maximum atomic E-state index is 10.5. The Labute approximate surface area is 93.0 Å². The third-order valence-electron chi connectivity index (χ3n) is 2.02. The van der Waals surface area contributed by atoms with Gasteiger partial charge in [0.2, 0.25) is 0 Å². The summed E-state index contributed by atoms with van der Waals surface area (Å²) in [5.41, 5.74) is 7.16. The molecule has 0 saturated carbocycles. The second kappa shape index (κ2) is 5.00. The van der Waals surface area contributed by atoms with Crippen LogP contribution in [0.2, 0.25) is 5.02 Å². The first kappa shape index (κ1) is 11.8. The first-order valence-corrected chi connectivity index (χ1v) is 4.87. The predicted octanol–water partition coefficient (Wildman–Crippen LogP) is 1.47. The number of anilines is 1. The van der Waals surface area contributed by atoms with Crippen molar-refractivity contribution in [2.24, 2.45) is 5.73 Å². The lowest BCUT2D eigenvalue weighted by atomic mass is 10.2. The summed E-state index contributed by atoms with van der Waals surface area (Å²) >= 11 is 5.78. The molecule has 1 aromatic carbocycles. The average Bonchev–Trinajstić information content (AvgIpc) is 2.15. The first-order valence-electron chi connectivity index (χ1n) is 4.49. The number of aryl methyl sites for hydroxylation is 1. The number of nitrogens with two attached hydrogens (primary N) is 1. The number of aliphatic carboxylic acids is 1. The van der Waals surface area contributed by atoms with Crippen LogP contribution < -0.4 is 11.1 Å². The van der Waals surface area contributed by atoms with E-state index in [1.807, 2.05) is 6.92 Å². The van der Waals surface area contributed by atoms with Crippen LogP contribution in [0, 0.1) is 6.92 Å². The number of nitrogens with one attached hydrogen (secondary N) is 1. The summed E-state index contributed by atoms with van der Waals surface area (Å²) in [7, 11) is 0. The molecule has 0 fully saturated rings. The minimum atomic E-state index is -1.02. The molecule has 0 bridgehead atoms. The second-order valence-electron chi connectivity index (χ2n) is 3.28. The van der Waals surface area contributed by atoms with Crippen molar-refractivity contribution in [3.8, 4) is 0 Å². The van der Waals surface area contributed by atoms with Gasteiger partial charge in [0.25, 0.3) is 0 Å². The fraction of sp³-hybridized carbons (Fsp3) is 0.300. The molecule has 0 saturated heterocycles. The summed E-state index contributed by atoms with van der Waals surface area (Å²) in [5, 5.41) is 12.2. The molecule has 0 aliphatic heterocycles. The highest BCUT2D eigenvalue weighted by Crippen LogP contribution is 2.19. The Balaban J connectivity index is 2.62. The molecule has 0 spiro atoms. The third kappa shape index (κ3) is 3.42. The van der Waals surface area contributed by atoms with Gasteiger partial charge in [0.05, 0.1) is 0 Å². The SMILES string of the molecule is Cc1cc(Cl)ccc1NCC(N)C(=O)O. The molecular formula is C10H13ClN2O2. The van der Waals surface area contributed by atoms with E-state index in [9.17, 15) is 4.79 Å². The Morgan fingerprint density at radius 1 is 1.67 bits per heavy atom. The fourth-order valence-electron chi connectivity index (χ4n) is 1.13. The van der Waals surface area contributed by atoms with E-state index in [2.05, 4.69) is 5.32 Å². The molecule has 4 nitrogen and oxygen atoms in total. The molecule has 0 heterocycles. The van der Waals surface area contributed by atoms with Crippen LogP contribution in [0.5, 0.6) is 0 Å². The van der Waals surface area contributed by atoms with E-state index in [0.29, 0.717) is 5.02 Å². The Bertz CT molecular complexity index is 368. The van der Waals surface area contributed by atoms with Gasteiger partial charge in [-0.05, 0) is 30.7 Å². The van der Waals surface area contributed by atoms with Crippen LogP contribution >= 0.6 is 11.6 Å². The molecule has 0 amide bonds. The zero-order chi connectivity index (χ0) is 11.4. The molecule has 1 atom stereocenters. The molecule has 1 unspecified atom stereocenters. The number of benzene rings is 1. The number of carboxylic acids is 1. The fourth-order valence-corrected chi connectivity index (χ4v) is 1.36. The van der Waals surface area contributed by atoms with Crippen LogP contribution in [0.4, 0.5) is 5.69 Å². The van der Waals surface area contributed by atoms with Gasteiger partial charge in [-0.2, -0.15) is 0 Å². The highest BCUT2D eigenvalue weighted by atomic mass is 35.5. The van der Waals surface area contributed by atoms with E-state index in [4.69, 9.17) is 22.4 Å². The summed E-state index contributed by atoms with van der Waals surface area (Å²) in [5.74, 6) is -1.02. The van der Waals surface area contributed by atoms with Crippen LogP contribution in [0.1, 0.15) is 5.56 Å². The predicted molar refractivity (Wildman–Crippen MR) is 60.3 cm³/mol. The average molecular weight is 229 g/mol. The van der Waals surface area contributed by atoms with Gasteiger partial charge in [0.1, 0.15) is 6.04 Å². The summed E-state index contributed by atoms with van der Waals surface area (Å²) in [6, 6.07) is 4.44. The topological polar surface area (TPSA) is 75.3 Å². The Morgan fingerprint density at radius 3 is 2.87 bits per heavy atom. The quantitative estimate of drug-likeness (QED) is 0.730. The number of halogens is 1. The monoisotopic (exact) mass is 228 g/mol. The summed E-state index contributed by atoms with van der Waals surface area (Å²) in [6.45, 7) is 2.08. The van der Waals surface area contributed by atoms with Crippen LogP contribution in [-0.4, -0.2) is 23.7 Å². The van der Waals surface area contributed by atoms with Gasteiger partial charge in [0, 0.05) is 17.3 Å². The molecule has 15 heavy (non-hydrogen) atoms. The van der Waals surface area contributed by atoms with Crippen molar-refractivity contribution < 1.29 is 9.90 Å². The van der Waals surface area contributed by atoms with E-state index >= 15 is 0 Å². The van der Waals surface area contributed by atoms with Gasteiger partial charge < -0.3 is 16.2 Å². The van der Waals surface area contributed by atoms with E-state index in [-0.39, 0.29) is 6.54 Å². The maximum Gasteiger partial charge on any atom is 0.322 e. The Morgan fingerprint density at radius 2 is 2.33 bits per heavy atom. The lowest BCUT2D eigenvalue weighted by molar-refractivity contribution is -0.138. The van der Waals surface area contributed by atoms with Crippen LogP contribution in [0.15, 0.2) is 18.2 Å². The van der Waals surface area contributed by atoms with Crippen molar-refractivity contribution in [1.82, 2.24) is 0 Å². The van der Waals surface area contributed by atoms with Gasteiger partial charge >= 0.3 is 5.97 Å². The van der Waals surface area contributed by atoms with Gasteiger partial charge in [-0.15, -0.1) is 0 Å². The molecule has 1 rings (SSSR count). The van der Waals surface area contributed by atoms with Crippen molar-refractivity contribution >= 4 is 23.3 Å². The largest absolute Gasteiger partial charge is 0.480 e. The minimum Gasteiger partial charge on any atom is -0.480 e. The van der Waals surface area contributed by atoms with Gasteiger partial charge in [-0.1, -0.05) is 11.6 Å². The number of carbonyl (C=O) groups is 1. The van der Waals surface area contributed by atoms with Crippen molar-refractivity contribution in [1.29, 1.82) is 0 Å². The highest BCUT2D eigenvalue weighted by molar-refractivity contribution is 6.30. The van der Waals surface area contributed by atoms with Crippen LogP contribution in [0.25, 0.3) is 0 Å². The molecule has 0 aromatic heterocycles. The lowest BCUT2D eigenvalue weighted by Crippen LogP contribution is -2.37. The second-order valence-corrected chi connectivity index (χ2v) is 3.72. The normalized spacial score (nSPS) is 12.2. The number of carboxylic acid groups (broad SMARTS) is 1. The van der Waals surface area contributed by atoms with Crippen molar-refractivity contribution in [3.63, 3.8) is 0 Å². The van der Waals surface area contributed by atoms with Gasteiger partial charge in [-0.25, -0.2) is 0 Å². The zero-order valence-electron chi connectivity index (χ0n) is 8.33. The molecule has 0 aliphatic rings.